The van der Waals surface area contributed by atoms with E-state index in [1.54, 1.807) is 24.7 Å². The van der Waals surface area contributed by atoms with Gasteiger partial charge in [-0.2, -0.15) is 5.10 Å². The van der Waals surface area contributed by atoms with Crippen molar-refractivity contribution in [3.63, 3.8) is 0 Å². The molecule has 0 unspecified atom stereocenters. The molecule has 3 heterocycles. The van der Waals surface area contributed by atoms with Crippen molar-refractivity contribution in [2.45, 2.75) is 6.54 Å². The van der Waals surface area contributed by atoms with Crippen LogP contribution in [-0.2, 0) is 6.54 Å². The van der Waals surface area contributed by atoms with Crippen molar-refractivity contribution in [3.8, 4) is 11.1 Å². The summed E-state index contributed by atoms with van der Waals surface area (Å²) >= 11 is 1.54. The summed E-state index contributed by atoms with van der Waals surface area (Å²) < 4.78 is 1.88. The lowest BCUT2D eigenvalue weighted by molar-refractivity contribution is 0.0950. The van der Waals surface area contributed by atoms with Crippen LogP contribution in [0.2, 0.25) is 0 Å². The Labute approximate surface area is 132 Å². The third-order valence-corrected chi connectivity index (χ3v) is 3.87. The molecule has 3 aromatic heterocycles. The first-order valence-corrected chi connectivity index (χ1v) is 7.89. The van der Waals surface area contributed by atoms with Gasteiger partial charge in [0, 0.05) is 36.6 Å². The zero-order valence-electron chi connectivity index (χ0n) is 12.0. The molecule has 0 radical (unpaired) electrons. The Morgan fingerprint density at radius 1 is 1.41 bits per heavy atom. The molecule has 0 aromatic carbocycles. The molecule has 0 atom stereocenters. The van der Waals surface area contributed by atoms with Crippen molar-refractivity contribution in [2.24, 2.45) is 0 Å². The van der Waals surface area contributed by atoms with E-state index < -0.39 is 0 Å². The van der Waals surface area contributed by atoms with E-state index in [0.717, 1.165) is 16.8 Å². The topological polar surface area (TPSA) is 75.6 Å². The summed E-state index contributed by atoms with van der Waals surface area (Å²) in [6.07, 6.45) is 10.9. The Bertz CT molecular complexity index is 766. The lowest BCUT2D eigenvalue weighted by Gasteiger charge is -2.05. The van der Waals surface area contributed by atoms with Crippen LogP contribution < -0.4 is 5.32 Å². The second-order valence-corrected chi connectivity index (χ2v) is 5.43. The molecular formula is C15H15N5OS. The summed E-state index contributed by atoms with van der Waals surface area (Å²) in [7, 11) is 0. The monoisotopic (exact) mass is 313 g/mol. The number of pyridine rings is 1. The molecule has 0 aliphatic carbocycles. The highest BCUT2D eigenvalue weighted by molar-refractivity contribution is 7.97. The maximum absolute atomic E-state index is 12.1. The van der Waals surface area contributed by atoms with Crippen LogP contribution in [0.1, 0.15) is 16.1 Å². The maximum atomic E-state index is 12.1. The van der Waals surface area contributed by atoms with Gasteiger partial charge in [0.05, 0.1) is 24.0 Å². The number of aromatic amines is 1. The first-order chi connectivity index (χ1) is 10.8. The van der Waals surface area contributed by atoms with Crippen LogP contribution in [0.4, 0.5) is 0 Å². The van der Waals surface area contributed by atoms with Gasteiger partial charge >= 0.3 is 0 Å². The Morgan fingerprint density at radius 2 is 2.32 bits per heavy atom. The van der Waals surface area contributed by atoms with Crippen molar-refractivity contribution in [1.29, 1.82) is 0 Å². The van der Waals surface area contributed by atoms with E-state index in [4.69, 9.17) is 0 Å². The minimum atomic E-state index is -0.108. The minimum absolute atomic E-state index is 0.108. The normalized spacial score (nSPS) is 10.6. The molecular weight excluding hydrogens is 298 g/mol. The van der Waals surface area contributed by atoms with E-state index in [1.807, 2.05) is 34.8 Å². The molecule has 0 spiro atoms. The van der Waals surface area contributed by atoms with Crippen LogP contribution in [0.25, 0.3) is 11.1 Å². The minimum Gasteiger partial charge on any atom is -0.346 e. The summed E-state index contributed by atoms with van der Waals surface area (Å²) in [5.41, 5.74) is 3.45. The van der Waals surface area contributed by atoms with Crippen molar-refractivity contribution < 1.29 is 4.79 Å². The number of rotatable bonds is 5. The SMILES string of the molecule is CSn1ccc(C(=O)NCc2cc(-c3cn[nH]c3)ccn2)c1. The highest BCUT2D eigenvalue weighted by Gasteiger charge is 2.08. The van der Waals surface area contributed by atoms with Crippen LogP contribution in [0.5, 0.6) is 0 Å². The van der Waals surface area contributed by atoms with Gasteiger partial charge in [0.2, 0.25) is 0 Å². The van der Waals surface area contributed by atoms with E-state index >= 15 is 0 Å². The quantitative estimate of drug-likeness (QED) is 0.758. The molecule has 1 amide bonds. The fraction of sp³-hybridized carbons (Fsp3) is 0.133. The van der Waals surface area contributed by atoms with Crippen LogP contribution in [0.3, 0.4) is 0 Å². The van der Waals surface area contributed by atoms with Gasteiger partial charge in [-0.1, -0.05) is 0 Å². The highest BCUT2D eigenvalue weighted by atomic mass is 32.2. The van der Waals surface area contributed by atoms with Gasteiger partial charge in [-0.3, -0.25) is 18.8 Å². The number of nitrogens with one attached hydrogen (secondary N) is 2. The molecule has 0 aliphatic rings. The molecule has 112 valence electrons. The molecule has 0 saturated heterocycles. The Morgan fingerprint density at radius 3 is 3.05 bits per heavy atom. The number of H-pyrrole nitrogens is 1. The first-order valence-electron chi connectivity index (χ1n) is 6.71. The van der Waals surface area contributed by atoms with Gasteiger partial charge in [-0.25, -0.2) is 0 Å². The standard InChI is InChI=1S/C15H15N5OS/c1-22-20-5-3-12(10-20)15(21)17-9-14-6-11(2-4-16-14)13-7-18-19-8-13/h2-8,10H,9H2,1H3,(H,17,21)(H,18,19). The van der Waals surface area contributed by atoms with E-state index in [0.29, 0.717) is 12.1 Å². The number of aromatic nitrogens is 4. The van der Waals surface area contributed by atoms with E-state index in [9.17, 15) is 4.79 Å². The van der Waals surface area contributed by atoms with Gasteiger partial charge in [-0.05, 0) is 35.7 Å². The third-order valence-electron chi connectivity index (χ3n) is 3.22. The average Bonchev–Trinajstić information content (AvgIpc) is 3.24. The molecule has 7 heteroatoms. The largest absolute Gasteiger partial charge is 0.346 e. The Kier molecular flexibility index (Phi) is 4.24. The Hall–Kier alpha value is -2.54. The van der Waals surface area contributed by atoms with Gasteiger partial charge in [-0.15, -0.1) is 0 Å². The lowest BCUT2D eigenvalue weighted by atomic mass is 10.1. The number of carbonyl (C=O) groups excluding carboxylic acids is 1. The summed E-state index contributed by atoms with van der Waals surface area (Å²) in [5, 5.41) is 9.59. The molecule has 22 heavy (non-hydrogen) atoms. The van der Waals surface area contributed by atoms with Crippen molar-refractivity contribution in [1.82, 2.24) is 24.5 Å². The lowest BCUT2D eigenvalue weighted by Crippen LogP contribution is -2.22. The van der Waals surface area contributed by atoms with E-state index in [-0.39, 0.29) is 5.91 Å². The molecule has 3 rings (SSSR count). The molecule has 2 N–H and O–H groups in total. The summed E-state index contributed by atoms with van der Waals surface area (Å²) in [5.74, 6) is -0.108. The third kappa shape index (κ3) is 3.20. The van der Waals surface area contributed by atoms with Gasteiger partial charge in [0.15, 0.2) is 0 Å². The number of nitrogens with zero attached hydrogens (tertiary/aromatic N) is 3. The molecule has 6 nitrogen and oxygen atoms in total. The van der Waals surface area contributed by atoms with Gasteiger partial charge < -0.3 is 5.32 Å². The zero-order chi connectivity index (χ0) is 15.4. The Balaban J connectivity index is 1.66. The van der Waals surface area contributed by atoms with Gasteiger partial charge in [0.1, 0.15) is 0 Å². The second-order valence-electron chi connectivity index (χ2n) is 4.65. The number of amides is 1. The first kappa shape index (κ1) is 14.4. The number of hydrogen-bond donors (Lipinski definition) is 2. The molecule has 0 aliphatic heterocycles. The maximum Gasteiger partial charge on any atom is 0.253 e. The fourth-order valence-corrected chi connectivity index (χ4v) is 2.46. The average molecular weight is 313 g/mol. The molecule has 0 saturated carbocycles. The fourth-order valence-electron chi connectivity index (χ4n) is 2.06. The van der Waals surface area contributed by atoms with E-state index in [1.165, 1.54) is 11.9 Å². The van der Waals surface area contributed by atoms with Crippen LogP contribution in [-0.4, -0.2) is 31.3 Å². The molecule has 0 fully saturated rings. The van der Waals surface area contributed by atoms with Crippen molar-refractivity contribution in [2.75, 3.05) is 6.26 Å². The molecule has 0 bridgehead atoms. The number of hydrogen-bond acceptors (Lipinski definition) is 4. The van der Waals surface area contributed by atoms with Crippen molar-refractivity contribution in [3.05, 3.63) is 60.4 Å². The molecule has 3 aromatic rings. The van der Waals surface area contributed by atoms with Crippen LogP contribution in [0, 0.1) is 0 Å². The zero-order valence-corrected chi connectivity index (χ0v) is 12.8. The second kappa shape index (κ2) is 6.48. The summed E-state index contributed by atoms with van der Waals surface area (Å²) in [4.78, 5) is 16.4. The predicted octanol–water partition coefficient (Wildman–Crippen LogP) is 2.33. The highest BCUT2D eigenvalue weighted by Crippen LogP contribution is 2.17. The smallest absolute Gasteiger partial charge is 0.253 e. The summed E-state index contributed by atoms with van der Waals surface area (Å²) in [6.45, 7) is 0.384. The predicted molar refractivity (Wildman–Crippen MR) is 86.3 cm³/mol. The van der Waals surface area contributed by atoms with E-state index in [2.05, 4.69) is 20.5 Å². The summed E-state index contributed by atoms with van der Waals surface area (Å²) in [6, 6.07) is 5.65. The van der Waals surface area contributed by atoms with Crippen molar-refractivity contribution >= 4 is 17.9 Å². The number of carbonyl (C=O) groups is 1. The van der Waals surface area contributed by atoms with Crippen LogP contribution >= 0.6 is 11.9 Å². The van der Waals surface area contributed by atoms with Gasteiger partial charge in [0.25, 0.3) is 5.91 Å². The van der Waals surface area contributed by atoms with Crippen LogP contribution in [0.15, 0.2) is 49.2 Å².